The largest absolute Gasteiger partial charge is 0.544 e. The topological polar surface area (TPSA) is 144 Å². The maximum absolute atomic E-state index is 13.4. The number of carbonyl (C=O) groups excluding carboxylic acids is 3. The van der Waals surface area contributed by atoms with Crippen molar-refractivity contribution in [2.75, 3.05) is 12.0 Å². The van der Waals surface area contributed by atoms with E-state index >= 15 is 0 Å². The molecule has 9 nitrogen and oxygen atoms in total. The van der Waals surface area contributed by atoms with E-state index in [1.807, 2.05) is 0 Å². The number of rotatable bonds is 4. The number of benzene rings is 2. The molecule has 4 atom stereocenters. The van der Waals surface area contributed by atoms with Crippen LogP contribution < -0.4 is 20.1 Å². The zero-order valence-corrected chi connectivity index (χ0v) is 16.2. The van der Waals surface area contributed by atoms with Crippen molar-refractivity contribution in [1.82, 2.24) is 0 Å². The fraction of sp³-hybridized carbons (Fsp3) is 0.286. The molecule has 2 aromatic carbocycles. The van der Waals surface area contributed by atoms with Crippen LogP contribution in [0.15, 0.2) is 42.5 Å². The number of nitrogens with zero attached hydrogens (tertiary/aromatic N) is 1. The van der Waals surface area contributed by atoms with E-state index in [0.29, 0.717) is 5.75 Å². The number of carboxylic acids is 1. The molecule has 156 valence electrons. The molecule has 4 rings (SSSR count). The zero-order chi connectivity index (χ0) is 21.8. The third-order valence-electron chi connectivity index (χ3n) is 6.05. The van der Waals surface area contributed by atoms with Gasteiger partial charge in [-0.05, 0) is 31.2 Å². The van der Waals surface area contributed by atoms with Gasteiger partial charge < -0.3 is 30.2 Å². The van der Waals surface area contributed by atoms with Crippen molar-refractivity contribution >= 4 is 23.5 Å². The highest BCUT2D eigenvalue weighted by Crippen LogP contribution is 2.48. The van der Waals surface area contributed by atoms with Gasteiger partial charge in [-0.3, -0.25) is 9.59 Å². The van der Waals surface area contributed by atoms with Crippen LogP contribution in [-0.2, 0) is 14.4 Å². The van der Waals surface area contributed by atoms with Crippen molar-refractivity contribution in [1.29, 1.82) is 0 Å². The van der Waals surface area contributed by atoms with Crippen LogP contribution >= 0.6 is 0 Å². The number of aliphatic carboxylic acids is 1. The Morgan fingerprint density at radius 3 is 2.50 bits per heavy atom. The molecule has 4 N–H and O–H groups in total. The predicted molar refractivity (Wildman–Crippen MR) is 100 cm³/mol. The maximum atomic E-state index is 13.4. The van der Waals surface area contributed by atoms with Gasteiger partial charge in [0.15, 0.2) is 0 Å². The molecule has 2 saturated heterocycles. The Balaban J connectivity index is 1.86. The van der Waals surface area contributed by atoms with Crippen molar-refractivity contribution in [3.05, 3.63) is 48.0 Å². The standard InChI is InChI=1S/C21H20N2O7/c1-21(20(28)29)16-15(17(22-21)11-8-7-10(24)9-13(11)25)18(26)23(19(16)27)12-5-3-4-6-14(12)30-2/h3-9,15-17,22,24-25H,1-2H3,(H,28,29)/t15-,16-,17-,21-/m0/s1. The highest BCUT2D eigenvalue weighted by atomic mass is 16.5. The van der Waals surface area contributed by atoms with E-state index in [9.17, 15) is 29.7 Å². The Bertz CT molecular complexity index is 1070. The summed E-state index contributed by atoms with van der Waals surface area (Å²) in [6.07, 6.45) is 0. The van der Waals surface area contributed by atoms with Gasteiger partial charge >= 0.3 is 0 Å². The van der Waals surface area contributed by atoms with Gasteiger partial charge in [0.25, 0.3) is 0 Å². The molecule has 2 aliphatic heterocycles. The fourth-order valence-corrected chi connectivity index (χ4v) is 4.61. The summed E-state index contributed by atoms with van der Waals surface area (Å²) in [5, 5.41) is 33.3. The van der Waals surface area contributed by atoms with E-state index < -0.39 is 41.2 Å². The van der Waals surface area contributed by atoms with Crippen LogP contribution in [0, 0.1) is 11.8 Å². The molecule has 2 aromatic rings. The summed E-state index contributed by atoms with van der Waals surface area (Å²) in [4.78, 5) is 39.8. The number of hydrogen-bond donors (Lipinski definition) is 3. The number of phenolic OH excluding ortho intramolecular Hbond substituents is 2. The summed E-state index contributed by atoms with van der Waals surface area (Å²) < 4.78 is 5.27. The van der Waals surface area contributed by atoms with Crippen LogP contribution in [0.2, 0.25) is 0 Å². The van der Waals surface area contributed by atoms with Gasteiger partial charge in [-0.1, -0.05) is 12.1 Å². The third-order valence-corrected chi connectivity index (χ3v) is 6.05. The van der Waals surface area contributed by atoms with Gasteiger partial charge in [0.1, 0.15) is 46.6 Å². The van der Waals surface area contributed by atoms with Crippen LogP contribution in [-0.4, -0.2) is 40.6 Å². The number of amides is 2. The fourth-order valence-electron chi connectivity index (χ4n) is 4.61. The lowest BCUT2D eigenvalue weighted by atomic mass is 9.80. The van der Waals surface area contributed by atoms with E-state index in [1.54, 1.807) is 24.3 Å². The van der Waals surface area contributed by atoms with Gasteiger partial charge in [0.2, 0.25) is 11.8 Å². The Kier molecular flexibility index (Phi) is 4.43. The zero-order valence-electron chi connectivity index (χ0n) is 16.2. The van der Waals surface area contributed by atoms with E-state index in [-0.39, 0.29) is 22.7 Å². The summed E-state index contributed by atoms with van der Waals surface area (Å²) in [6, 6.07) is 9.44. The van der Waals surface area contributed by atoms with E-state index in [0.717, 1.165) is 11.0 Å². The molecule has 2 heterocycles. The molecule has 2 aliphatic rings. The molecule has 0 spiro atoms. The quantitative estimate of drug-likeness (QED) is 0.549. The van der Waals surface area contributed by atoms with E-state index in [2.05, 4.69) is 0 Å². The van der Waals surface area contributed by atoms with Crippen LogP contribution in [0.25, 0.3) is 0 Å². The minimum Gasteiger partial charge on any atom is -0.544 e. The number of aromatic hydroxyl groups is 2. The van der Waals surface area contributed by atoms with Gasteiger partial charge in [-0.25, -0.2) is 4.90 Å². The Morgan fingerprint density at radius 1 is 1.17 bits per heavy atom. The van der Waals surface area contributed by atoms with Crippen molar-refractivity contribution in [3.8, 4) is 17.2 Å². The molecule has 9 heteroatoms. The van der Waals surface area contributed by atoms with Crippen LogP contribution in [0.1, 0.15) is 18.5 Å². The lowest BCUT2D eigenvalue weighted by molar-refractivity contribution is -0.735. The number of fused-ring (bicyclic) bond motifs is 1. The van der Waals surface area contributed by atoms with Crippen molar-refractivity contribution in [2.45, 2.75) is 18.5 Å². The summed E-state index contributed by atoms with van der Waals surface area (Å²) in [5.41, 5.74) is -1.27. The minimum atomic E-state index is -1.73. The Hall–Kier alpha value is -3.59. The van der Waals surface area contributed by atoms with E-state index in [1.165, 1.54) is 31.5 Å². The monoisotopic (exact) mass is 412 g/mol. The third kappa shape index (κ3) is 2.62. The number of carbonyl (C=O) groups is 3. The molecule has 0 saturated carbocycles. The lowest BCUT2D eigenvalue weighted by Crippen LogP contribution is -2.98. The molecular formula is C21H20N2O7. The smallest absolute Gasteiger partial charge is 0.244 e. The van der Waals surface area contributed by atoms with Gasteiger partial charge in [-0.15, -0.1) is 0 Å². The molecule has 0 unspecified atom stereocenters. The first-order valence-corrected chi connectivity index (χ1v) is 9.31. The molecule has 2 fully saturated rings. The first-order chi connectivity index (χ1) is 14.2. The molecular weight excluding hydrogens is 392 g/mol. The van der Waals surface area contributed by atoms with Crippen LogP contribution in [0.4, 0.5) is 5.69 Å². The number of carboxylic acid groups (broad SMARTS) is 1. The maximum Gasteiger partial charge on any atom is 0.244 e. The number of methoxy groups -OCH3 is 1. The second kappa shape index (κ2) is 6.74. The number of hydrogen-bond acceptors (Lipinski definition) is 7. The number of imide groups is 1. The average molecular weight is 412 g/mol. The summed E-state index contributed by atoms with van der Waals surface area (Å²) in [7, 11) is 1.40. The van der Waals surface area contributed by atoms with Gasteiger partial charge in [-0.2, -0.15) is 0 Å². The normalized spacial score (nSPS) is 27.9. The molecule has 2 amide bonds. The van der Waals surface area contributed by atoms with Gasteiger partial charge in [0, 0.05) is 6.07 Å². The average Bonchev–Trinajstić information content (AvgIpc) is 3.16. The highest BCUT2D eigenvalue weighted by Gasteiger charge is 2.68. The first-order valence-electron chi connectivity index (χ1n) is 9.31. The minimum absolute atomic E-state index is 0.182. The molecule has 0 radical (unpaired) electrons. The van der Waals surface area contributed by atoms with Crippen LogP contribution in [0.3, 0.4) is 0 Å². The number of phenols is 2. The van der Waals surface area contributed by atoms with Gasteiger partial charge in [0.05, 0.1) is 18.4 Å². The molecule has 30 heavy (non-hydrogen) atoms. The van der Waals surface area contributed by atoms with E-state index in [4.69, 9.17) is 4.74 Å². The number of para-hydroxylation sites is 2. The second-order valence-electron chi connectivity index (χ2n) is 7.69. The number of ether oxygens (including phenoxy) is 1. The van der Waals surface area contributed by atoms with Crippen molar-refractivity contribution in [2.24, 2.45) is 11.8 Å². The Labute approximate surface area is 171 Å². The molecule has 0 aliphatic carbocycles. The number of anilines is 1. The van der Waals surface area contributed by atoms with Crippen LogP contribution in [0.5, 0.6) is 17.2 Å². The summed E-state index contributed by atoms with van der Waals surface area (Å²) in [5.74, 6) is -5.19. The molecule has 0 aromatic heterocycles. The number of nitrogens with two attached hydrogens (primary N) is 1. The lowest BCUT2D eigenvalue weighted by Gasteiger charge is -2.29. The van der Waals surface area contributed by atoms with Crippen molar-refractivity contribution < 1.29 is 39.8 Å². The summed E-state index contributed by atoms with van der Waals surface area (Å²) >= 11 is 0. The Morgan fingerprint density at radius 2 is 1.87 bits per heavy atom. The van der Waals surface area contributed by atoms with Crippen molar-refractivity contribution in [3.63, 3.8) is 0 Å². The SMILES string of the molecule is COc1ccccc1N1C(=O)[C@H]2[C@@H](C1=O)[C@@](C)(C(=O)[O-])[NH2+][C@H]2c1ccc(O)cc1O. The second-order valence-corrected chi connectivity index (χ2v) is 7.69. The highest BCUT2D eigenvalue weighted by molar-refractivity contribution is 6.24. The number of quaternary nitrogens is 1. The first kappa shape index (κ1) is 19.7. The summed E-state index contributed by atoms with van der Waals surface area (Å²) in [6.45, 7) is 1.34. The molecule has 0 bridgehead atoms. The predicted octanol–water partition coefficient (Wildman–Crippen LogP) is -0.961.